The molecule has 0 atom stereocenters. The Balaban J connectivity index is 1.98. The van der Waals surface area contributed by atoms with Crippen molar-refractivity contribution < 1.29 is 19.4 Å². The van der Waals surface area contributed by atoms with E-state index in [9.17, 15) is 14.7 Å². The zero-order valence-corrected chi connectivity index (χ0v) is 12.8. The molecule has 2 aromatic rings. The number of carboxylic acids is 1. The van der Waals surface area contributed by atoms with E-state index < -0.39 is 5.97 Å². The lowest BCUT2D eigenvalue weighted by atomic mass is 10.3. The van der Waals surface area contributed by atoms with Crippen molar-refractivity contribution >= 4 is 46.3 Å². The highest BCUT2D eigenvalue weighted by atomic mass is 35.5. The molecular formula is C13H8Cl2NO4S-. The second-order valence-electron chi connectivity index (χ2n) is 3.98. The lowest BCUT2D eigenvalue weighted by Crippen LogP contribution is -2.24. The van der Waals surface area contributed by atoms with Crippen molar-refractivity contribution in [2.45, 2.75) is 6.42 Å². The Labute approximate surface area is 134 Å². The van der Waals surface area contributed by atoms with Gasteiger partial charge < -0.3 is 14.6 Å². The van der Waals surface area contributed by atoms with Crippen molar-refractivity contribution in [2.75, 3.05) is 6.61 Å². The first-order valence-corrected chi connectivity index (χ1v) is 7.34. The lowest BCUT2D eigenvalue weighted by Gasteiger charge is -2.06. The van der Waals surface area contributed by atoms with Gasteiger partial charge in [-0.1, -0.05) is 23.2 Å². The molecule has 0 amide bonds. The number of nitrogens with zero attached hydrogens (tertiary/aromatic N) is 1. The Bertz CT molecular complexity index is 687. The topological polar surface area (TPSA) is 79.3 Å². The molecule has 0 saturated carbocycles. The predicted octanol–water partition coefficient (Wildman–Crippen LogP) is 2.00. The molecule has 0 aliphatic rings. The molecule has 0 spiro atoms. The average molecular weight is 345 g/mol. The van der Waals surface area contributed by atoms with Crippen LogP contribution in [0.15, 0.2) is 23.6 Å². The Morgan fingerprint density at radius 1 is 1.33 bits per heavy atom. The number of carbonyl (C=O) groups excluding carboxylic acids is 2. The molecule has 0 N–H and O–H groups in total. The summed E-state index contributed by atoms with van der Waals surface area (Å²) < 4.78 is 5.30. The number of hydrogen-bond acceptors (Lipinski definition) is 6. The summed E-state index contributed by atoms with van der Waals surface area (Å²) in [6.45, 7) is -0.250. The summed E-state index contributed by atoms with van der Waals surface area (Å²) in [4.78, 5) is 26.2. The SMILES string of the molecule is O=C([O-])Cc1csc(C(=O)COc2ccc(Cl)cc2Cl)n1. The van der Waals surface area contributed by atoms with E-state index in [4.69, 9.17) is 27.9 Å². The minimum atomic E-state index is -1.25. The van der Waals surface area contributed by atoms with Gasteiger partial charge in [0.1, 0.15) is 5.75 Å². The van der Waals surface area contributed by atoms with Gasteiger partial charge in [-0.25, -0.2) is 4.98 Å². The number of carboxylic acid groups (broad SMARTS) is 1. The van der Waals surface area contributed by atoms with Gasteiger partial charge in [-0.3, -0.25) is 4.79 Å². The van der Waals surface area contributed by atoms with Crippen molar-refractivity contribution in [3.05, 3.63) is 44.3 Å². The van der Waals surface area contributed by atoms with Crippen molar-refractivity contribution in [2.24, 2.45) is 0 Å². The van der Waals surface area contributed by atoms with Crippen molar-refractivity contribution in [3.8, 4) is 5.75 Å². The molecule has 0 radical (unpaired) electrons. The van der Waals surface area contributed by atoms with Crippen molar-refractivity contribution in [3.63, 3.8) is 0 Å². The number of rotatable bonds is 6. The molecule has 2 rings (SSSR count). The molecule has 0 fully saturated rings. The van der Waals surface area contributed by atoms with Crippen LogP contribution in [0.4, 0.5) is 0 Å². The van der Waals surface area contributed by atoms with Crippen LogP contribution in [0.2, 0.25) is 10.0 Å². The maximum atomic E-state index is 11.9. The standard InChI is InChI=1S/C13H9Cl2NO4S/c14-7-1-2-11(9(15)3-7)20-5-10(17)13-16-8(6-21-13)4-12(18)19/h1-3,6H,4-5H2,(H,18,19)/p-1. The van der Waals surface area contributed by atoms with Gasteiger partial charge in [0, 0.05) is 22.8 Å². The molecule has 1 heterocycles. The van der Waals surface area contributed by atoms with Gasteiger partial charge >= 0.3 is 0 Å². The van der Waals surface area contributed by atoms with Gasteiger partial charge in [0.25, 0.3) is 0 Å². The number of ketones is 1. The third kappa shape index (κ3) is 4.42. The summed E-state index contributed by atoms with van der Waals surface area (Å²) in [5.41, 5.74) is 0.285. The molecule has 0 bridgehead atoms. The molecule has 1 aromatic carbocycles. The van der Waals surface area contributed by atoms with Crippen LogP contribution in [-0.4, -0.2) is 23.3 Å². The maximum absolute atomic E-state index is 11.9. The number of ether oxygens (including phenoxy) is 1. The molecule has 0 aliphatic heterocycles. The predicted molar refractivity (Wildman–Crippen MR) is 77.1 cm³/mol. The number of carbonyl (C=O) groups is 2. The number of halogens is 2. The second-order valence-corrected chi connectivity index (χ2v) is 5.68. The monoisotopic (exact) mass is 344 g/mol. The summed E-state index contributed by atoms with van der Waals surface area (Å²) in [5.74, 6) is -1.28. The highest BCUT2D eigenvalue weighted by Gasteiger charge is 2.13. The number of aliphatic carboxylic acids is 1. The summed E-state index contributed by atoms with van der Waals surface area (Å²) >= 11 is 12.7. The van der Waals surface area contributed by atoms with Gasteiger partial charge in [0.05, 0.1) is 10.7 Å². The van der Waals surface area contributed by atoms with E-state index in [-0.39, 0.29) is 29.5 Å². The number of benzene rings is 1. The zero-order valence-electron chi connectivity index (χ0n) is 10.5. The van der Waals surface area contributed by atoms with E-state index >= 15 is 0 Å². The van der Waals surface area contributed by atoms with Gasteiger partial charge in [-0.05, 0) is 18.2 Å². The van der Waals surface area contributed by atoms with Crippen LogP contribution in [0.25, 0.3) is 0 Å². The van der Waals surface area contributed by atoms with Crippen LogP contribution in [0.5, 0.6) is 5.75 Å². The minimum Gasteiger partial charge on any atom is -0.550 e. The van der Waals surface area contributed by atoms with Crippen molar-refractivity contribution in [1.82, 2.24) is 4.98 Å². The Kier molecular flexibility index (Phi) is 5.17. The Morgan fingerprint density at radius 3 is 2.76 bits per heavy atom. The minimum absolute atomic E-state index is 0.177. The largest absolute Gasteiger partial charge is 0.550 e. The van der Waals surface area contributed by atoms with E-state index in [1.54, 1.807) is 12.1 Å². The van der Waals surface area contributed by atoms with Crippen LogP contribution in [-0.2, 0) is 11.2 Å². The summed E-state index contributed by atoms with van der Waals surface area (Å²) in [6, 6.07) is 4.65. The van der Waals surface area contributed by atoms with Crippen LogP contribution in [0, 0.1) is 0 Å². The smallest absolute Gasteiger partial charge is 0.228 e. The summed E-state index contributed by atoms with van der Waals surface area (Å²) in [7, 11) is 0. The first-order chi connectivity index (χ1) is 9.95. The summed E-state index contributed by atoms with van der Waals surface area (Å²) in [6.07, 6.45) is -0.326. The Morgan fingerprint density at radius 2 is 2.10 bits per heavy atom. The highest BCUT2D eigenvalue weighted by Crippen LogP contribution is 2.27. The zero-order chi connectivity index (χ0) is 15.4. The quantitative estimate of drug-likeness (QED) is 0.749. The number of Topliss-reactive ketones (excluding diaryl/α,β-unsaturated/α-hetero) is 1. The van der Waals surface area contributed by atoms with Crippen LogP contribution in [0.1, 0.15) is 15.5 Å². The summed E-state index contributed by atoms with van der Waals surface area (Å²) in [5, 5.41) is 12.9. The molecule has 0 saturated heterocycles. The van der Waals surface area contributed by atoms with E-state index in [1.165, 1.54) is 11.4 Å². The normalized spacial score (nSPS) is 10.4. The van der Waals surface area contributed by atoms with Crippen molar-refractivity contribution in [1.29, 1.82) is 0 Å². The molecule has 8 heteroatoms. The van der Waals surface area contributed by atoms with Crippen LogP contribution >= 0.6 is 34.5 Å². The fraction of sp³-hybridized carbons (Fsp3) is 0.154. The maximum Gasteiger partial charge on any atom is 0.228 e. The molecule has 0 unspecified atom stereocenters. The van der Waals surface area contributed by atoms with Crippen LogP contribution in [0.3, 0.4) is 0 Å². The van der Waals surface area contributed by atoms with Gasteiger partial charge in [-0.2, -0.15) is 0 Å². The number of aromatic nitrogens is 1. The molecule has 1 aromatic heterocycles. The number of hydrogen-bond donors (Lipinski definition) is 0. The van der Waals surface area contributed by atoms with E-state index in [0.29, 0.717) is 15.8 Å². The molecular weight excluding hydrogens is 337 g/mol. The van der Waals surface area contributed by atoms with Crippen LogP contribution < -0.4 is 9.84 Å². The third-order valence-corrected chi connectivity index (χ3v) is 3.83. The molecule has 5 nitrogen and oxygen atoms in total. The van der Waals surface area contributed by atoms with Gasteiger partial charge in [-0.15, -0.1) is 11.3 Å². The van der Waals surface area contributed by atoms with E-state index in [2.05, 4.69) is 4.98 Å². The van der Waals surface area contributed by atoms with Gasteiger partial charge in [0.2, 0.25) is 5.78 Å². The Hall–Kier alpha value is -1.63. The highest BCUT2D eigenvalue weighted by molar-refractivity contribution is 7.11. The molecule has 0 aliphatic carbocycles. The lowest BCUT2D eigenvalue weighted by molar-refractivity contribution is -0.304. The number of thiazole rings is 1. The average Bonchev–Trinajstić information content (AvgIpc) is 2.85. The molecule has 21 heavy (non-hydrogen) atoms. The fourth-order valence-corrected chi connectivity index (χ4v) is 2.67. The van der Waals surface area contributed by atoms with Gasteiger partial charge in [0.15, 0.2) is 11.6 Å². The second kappa shape index (κ2) is 6.89. The first kappa shape index (κ1) is 15.8. The molecule has 110 valence electrons. The third-order valence-electron chi connectivity index (χ3n) is 2.37. The van der Waals surface area contributed by atoms with E-state index in [0.717, 1.165) is 11.3 Å². The van der Waals surface area contributed by atoms with E-state index in [1.807, 2.05) is 0 Å². The fourth-order valence-electron chi connectivity index (χ4n) is 1.46. The first-order valence-electron chi connectivity index (χ1n) is 5.71.